The number of esters is 1. The zero-order chi connectivity index (χ0) is 8.97. The Morgan fingerprint density at radius 3 is 2.00 bits per heavy atom. The number of hydrogen-bond acceptors (Lipinski definition) is 4. The molecule has 0 atom stereocenters. The molecule has 1 aromatic carbocycles. The van der Waals surface area contributed by atoms with Crippen LogP contribution in [0.5, 0.6) is 5.75 Å². The van der Waals surface area contributed by atoms with Crippen molar-refractivity contribution >= 4 is 5.97 Å². The topological polar surface area (TPSA) is 65.5 Å². The summed E-state index contributed by atoms with van der Waals surface area (Å²) in [5.74, 6) is 0.389. The minimum atomic E-state index is -0.336. The molecule has 0 spiro atoms. The van der Waals surface area contributed by atoms with Gasteiger partial charge in [-0.15, -0.1) is 0 Å². The molecule has 0 aliphatic heterocycles. The van der Waals surface area contributed by atoms with Gasteiger partial charge in [0.25, 0.3) is 0 Å². The molecule has 1 N–H and O–H groups in total. The van der Waals surface area contributed by atoms with E-state index in [1.54, 1.807) is 31.4 Å². The Balaban J connectivity index is 0. The zero-order valence-electron chi connectivity index (χ0n) is 8.48. The van der Waals surface area contributed by atoms with Gasteiger partial charge in [0, 0.05) is 0 Å². The van der Waals surface area contributed by atoms with E-state index >= 15 is 0 Å². The van der Waals surface area contributed by atoms with E-state index in [0.717, 1.165) is 5.75 Å². The van der Waals surface area contributed by atoms with Gasteiger partial charge in [0.2, 0.25) is 0 Å². The molecular weight excluding hydrogens is 179 g/mol. The molecule has 0 aliphatic rings. The first kappa shape index (κ1) is 15.5. The molecule has 72 valence electrons. The average molecular weight is 190 g/mol. The first-order valence-corrected chi connectivity index (χ1v) is 3.50. The molecule has 0 amide bonds. The fraction of sp³-hybridized carbons (Fsp3) is 0.222. The first-order chi connectivity index (χ1) is 5.77. The monoisotopic (exact) mass is 190 g/mol. The molecule has 0 radical (unpaired) electrons. The van der Waals surface area contributed by atoms with Crippen LogP contribution in [-0.2, 0) is 4.74 Å². The molecule has 0 saturated carbocycles. The Morgan fingerprint density at radius 2 is 1.64 bits per heavy atom. The third-order valence-corrected chi connectivity index (χ3v) is 1.51. The predicted octanol–water partition coefficient (Wildman–Crippen LogP) is -1.69. The maximum atomic E-state index is 11.0. The van der Waals surface area contributed by atoms with E-state index < -0.39 is 0 Å². The summed E-state index contributed by atoms with van der Waals surface area (Å²) in [6.07, 6.45) is 0. The Hall–Kier alpha value is -0.953. The number of carbonyl (C=O) groups excluding carboxylic acids is 1. The van der Waals surface area contributed by atoms with Gasteiger partial charge in [-0.1, -0.05) is 0 Å². The van der Waals surface area contributed by atoms with Crippen molar-refractivity contribution < 1.29 is 38.6 Å². The summed E-state index contributed by atoms with van der Waals surface area (Å²) < 4.78 is 9.46. The van der Waals surface area contributed by atoms with E-state index in [-0.39, 0.29) is 30.3 Å². The number of benzene rings is 1. The summed E-state index contributed by atoms with van der Waals surface area (Å²) in [6.45, 7) is 0. The summed E-state index contributed by atoms with van der Waals surface area (Å²) in [5, 5.41) is 0. The van der Waals surface area contributed by atoms with Gasteiger partial charge in [-0.05, 0) is 24.3 Å². The second-order valence-electron chi connectivity index (χ2n) is 2.22. The summed E-state index contributed by atoms with van der Waals surface area (Å²) in [7, 11) is 2.93. The fourth-order valence-electron chi connectivity index (χ4n) is 0.845. The van der Waals surface area contributed by atoms with Crippen molar-refractivity contribution in [1.29, 1.82) is 0 Å². The van der Waals surface area contributed by atoms with Crippen LogP contribution < -0.4 is 23.6 Å². The third-order valence-electron chi connectivity index (χ3n) is 1.51. The van der Waals surface area contributed by atoms with Crippen LogP contribution >= 0.6 is 0 Å². The number of methoxy groups -OCH3 is 2. The van der Waals surface area contributed by atoms with E-state index in [1.807, 2.05) is 0 Å². The van der Waals surface area contributed by atoms with Crippen LogP contribution in [0.3, 0.4) is 0 Å². The second kappa shape index (κ2) is 7.45. The van der Waals surface area contributed by atoms with Crippen molar-refractivity contribution in [2.24, 2.45) is 0 Å². The van der Waals surface area contributed by atoms with Crippen LogP contribution in [0.4, 0.5) is 0 Å². The SMILES string of the molecule is COC(=O)c1ccc(OC)cc1.[Li+].[OH-]. The molecule has 0 saturated heterocycles. The van der Waals surface area contributed by atoms with Crippen LogP contribution in [0, 0.1) is 0 Å². The average Bonchev–Trinajstić information content (AvgIpc) is 2.17. The molecule has 14 heavy (non-hydrogen) atoms. The standard InChI is InChI=1S/C9H10O3.Li.H2O/c1-11-8-5-3-7(4-6-8)9(10)12-2;;/h3-6H,1-2H3;;1H2/q;+1;/p-1. The normalized spacial score (nSPS) is 7.86. The maximum absolute atomic E-state index is 11.0. The quantitative estimate of drug-likeness (QED) is 0.412. The molecule has 0 bridgehead atoms. The van der Waals surface area contributed by atoms with Gasteiger partial charge in [-0.2, -0.15) is 0 Å². The van der Waals surface area contributed by atoms with E-state index in [4.69, 9.17) is 4.74 Å². The molecule has 0 heterocycles. The molecule has 1 aromatic rings. The van der Waals surface area contributed by atoms with Crippen LogP contribution in [0.1, 0.15) is 10.4 Å². The van der Waals surface area contributed by atoms with Crippen molar-refractivity contribution in [3.05, 3.63) is 29.8 Å². The van der Waals surface area contributed by atoms with Gasteiger partial charge in [0.1, 0.15) is 5.75 Å². The van der Waals surface area contributed by atoms with Gasteiger partial charge in [0.05, 0.1) is 19.8 Å². The zero-order valence-corrected chi connectivity index (χ0v) is 8.48. The van der Waals surface area contributed by atoms with Gasteiger partial charge >= 0.3 is 24.8 Å². The largest absolute Gasteiger partial charge is 1.00 e. The third kappa shape index (κ3) is 3.84. The van der Waals surface area contributed by atoms with Crippen LogP contribution in [0.25, 0.3) is 0 Å². The summed E-state index contributed by atoms with van der Waals surface area (Å²) in [6, 6.07) is 6.74. The Kier molecular flexibility index (Phi) is 8.26. The van der Waals surface area contributed by atoms with E-state index in [1.165, 1.54) is 7.11 Å². The molecule has 0 unspecified atom stereocenters. The van der Waals surface area contributed by atoms with Crippen molar-refractivity contribution in [1.82, 2.24) is 0 Å². The van der Waals surface area contributed by atoms with Gasteiger partial charge in [-0.3, -0.25) is 0 Å². The molecular formula is C9H11LiO4. The van der Waals surface area contributed by atoms with Crippen LogP contribution in [0.15, 0.2) is 24.3 Å². The van der Waals surface area contributed by atoms with Crippen LogP contribution in [0.2, 0.25) is 0 Å². The van der Waals surface area contributed by atoms with Crippen molar-refractivity contribution in [2.45, 2.75) is 0 Å². The number of rotatable bonds is 2. The van der Waals surface area contributed by atoms with Gasteiger partial charge in [0.15, 0.2) is 0 Å². The smallest absolute Gasteiger partial charge is 0.870 e. The second-order valence-corrected chi connectivity index (χ2v) is 2.22. The number of hydrogen-bond donors (Lipinski definition) is 0. The molecule has 5 heteroatoms. The summed E-state index contributed by atoms with van der Waals surface area (Å²) in [5.41, 5.74) is 0.526. The maximum Gasteiger partial charge on any atom is 1.00 e. The molecule has 4 nitrogen and oxygen atoms in total. The Bertz CT molecular complexity index is 271. The van der Waals surface area contributed by atoms with E-state index in [9.17, 15) is 4.79 Å². The number of carbonyl (C=O) groups is 1. The van der Waals surface area contributed by atoms with Crippen LogP contribution in [-0.4, -0.2) is 25.7 Å². The summed E-state index contributed by atoms with van der Waals surface area (Å²) in [4.78, 5) is 11.0. The first-order valence-electron chi connectivity index (χ1n) is 3.50. The van der Waals surface area contributed by atoms with Crippen molar-refractivity contribution in [2.75, 3.05) is 14.2 Å². The van der Waals surface area contributed by atoms with Gasteiger partial charge in [-0.25, -0.2) is 4.79 Å². The van der Waals surface area contributed by atoms with Crippen molar-refractivity contribution in [3.63, 3.8) is 0 Å². The molecule has 0 aromatic heterocycles. The van der Waals surface area contributed by atoms with E-state index in [0.29, 0.717) is 5.56 Å². The Morgan fingerprint density at radius 1 is 1.14 bits per heavy atom. The Labute approximate surface area is 94.7 Å². The fourth-order valence-corrected chi connectivity index (χ4v) is 0.845. The van der Waals surface area contributed by atoms with Gasteiger partial charge < -0.3 is 14.9 Å². The predicted molar refractivity (Wildman–Crippen MR) is 46.3 cm³/mol. The minimum absolute atomic E-state index is 0. The van der Waals surface area contributed by atoms with Crippen molar-refractivity contribution in [3.8, 4) is 5.75 Å². The molecule has 0 aliphatic carbocycles. The summed E-state index contributed by atoms with van der Waals surface area (Å²) >= 11 is 0. The van der Waals surface area contributed by atoms with E-state index in [2.05, 4.69) is 4.74 Å². The number of ether oxygens (including phenoxy) is 2. The molecule has 1 rings (SSSR count). The minimum Gasteiger partial charge on any atom is -0.870 e. The molecule has 0 fully saturated rings.